The molecule has 88 valence electrons. The molecule has 2 nitrogen and oxygen atoms in total. The molecule has 0 aliphatic carbocycles. The zero-order valence-corrected chi connectivity index (χ0v) is 11.3. The molecule has 0 radical (unpaired) electrons. The lowest BCUT2D eigenvalue weighted by molar-refractivity contribution is 0.496. The van der Waals surface area contributed by atoms with Gasteiger partial charge in [-0.25, -0.2) is 0 Å². The van der Waals surface area contributed by atoms with Crippen molar-refractivity contribution in [3.05, 3.63) is 12.2 Å². The fourth-order valence-electron chi connectivity index (χ4n) is 1.82. The molecule has 15 heavy (non-hydrogen) atoms. The number of hydrazine groups is 1. The van der Waals surface area contributed by atoms with Gasteiger partial charge in [0.1, 0.15) is 0 Å². The second kappa shape index (κ2) is 6.84. The largest absolute Gasteiger partial charge is 0.271 e. The molecular formula is C11H22N2S2. The molecule has 1 aliphatic heterocycles. The van der Waals surface area contributed by atoms with Crippen molar-refractivity contribution in [3.63, 3.8) is 0 Å². The van der Waals surface area contributed by atoms with E-state index >= 15 is 0 Å². The maximum Gasteiger partial charge on any atom is 0.0377 e. The molecule has 0 saturated carbocycles. The van der Waals surface area contributed by atoms with Crippen LogP contribution in [0.25, 0.3) is 0 Å². The number of nitrogens with one attached hydrogen (secondary N) is 1. The first-order chi connectivity index (χ1) is 7.19. The van der Waals surface area contributed by atoms with Crippen molar-refractivity contribution in [2.75, 3.05) is 11.5 Å². The molecule has 3 N–H and O–H groups in total. The quantitative estimate of drug-likeness (QED) is 0.444. The Bertz CT molecular complexity index is 209. The maximum absolute atomic E-state index is 5.66. The highest BCUT2D eigenvalue weighted by Crippen LogP contribution is 2.34. The van der Waals surface area contributed by atoms with Crippen LogP contribution in [0.5, 0.6) is 0 Å². The normalized spacial score (nSPS) is 28.7. The summed E-state index contributed by atoms with van der Waals surface area (Å²) >= 11 is 4.11. The van der Waals surface area contributed by atoms with Gasteiger partial charge in [0.15, 0.2) is 0 Å². The molecule has 3 unspecified atom stereocenters. The summed E-state index contributed by atoms with van der Waals surface area (Å²) < 4.78 is 0. The summed E-state index contributed by atoms with van der Waals surface area (Å²) in [6.45, 7) is 8.53. The number of hydrogen-bond donors (Lipinski definition) is 2. The van der Waals surface area contributed by atoms with Crippen LogP contribution in [-0.4, -0.2) is 28.0 Å². The zero-order valence-electron chi connectivity index (χ0n) is 9.66. The van der Waals surface area contributed by atoms with Crippen LogP contribution in [-0.2, 0) is 0 Å². The minimum absolute atomic E-state index is 0.380. The summed E-state index contributed by atoms with van der Waals surface area (Å²) in [6.07, 6.45) is 2.06. The number of nitrogens with two attached hydrogens (primary N) is 1. The van der Waals surface area contributed by atoms with E-state index < -0.39 is 0 Å². The molecule has 0 aromatic carbocycles. The average molecular weight is 246 g/mol. The average Bonchev–Trinajstić information content (AvgIpc) is 2.26. The Morgan fingerprint density at radius 1 is 1.53 bits per heavy atom. The SMILES string of the molecule is C=C(CC)CC(NN)C1SCCSC1C. The second-order valence-electron chi connectivity index (χ2n) is 3.99. The molecule has 0 aromatic heterocycles. The number of hydrogen-bond acceptors (Lipinski definition) is 4. The molecule has 1 aliphatic rings. The highest BCUT2D eigenvalue weighted by atomic mass is 32.2. The minimum Gasteiger partial charge on any atom is -0.271 e. The van der Waals surface area contributed by atoms with E-state index in [1.165, 1.54) is 17.1 Å². The van der Waals surface area contributed by atoms with Gasteiger partial charge in [0.25, 0.3) is 0 Å². The van der Waals surface area contributed by atoms with Crippen molar-refractivity contribution in [1.82, 2.24) is 5.43 Å². The Hall–Kier alpha value is 0.360. The van der Waals surface area contributed by atoms with Crippen LogP contribution in [0.2, 0.25) is 0 Å². The first-order valence-corrected chi connectivity index (χ1v) is 7.64. The molecule has 3 atom stereocenters. The van der Waals surface area contributed by atoms with Gasteiger partial charge in [-0.1, -0.05) is 26.0 Å². The Balaban J connectivity index is 2.51. The molecule has 1 heterocycles. The third kappa shape index (κ3) is 4.02. The predicted molar refractivity (Wildman–Crippen MR) is 73.3 cm³/mol. The third-order valence-corrected chi connectivity index (χ3v) is 6.11. The van der Waals surface area contributed by atoms with Crippen molar-refractivity contribution >= 4 is 23.5 Å². The highest BCUT2D eigenvalue weighted by molar-refractivity contribution is 8.07. The van der Waals surface area contributed by atoms with Crippen molar-refractivity contribution in [3.8, 4) is 0 Å². The molecule has 1 rings (SSSR count). The Kier molecular flexibility index (Phi) is 6.12. The van der Waals surface area contributed by atoms with E-state index in [1.54, 1.807) is 0 Å². The van der Waals surface area contributed by atoms with Gasteiger partial charge >= 0.3 is 0 Å². The van der Waals surface area contributed by atoms with Crippen LogP contribution in [0, 0.1) is 0 Å². The predicted octanol–water partition coefficient (Wildman–Crippen LogP) is 2.41. The maximum atomic E-state index is 5.66. The lowest BCUT2D eigenvalue weighted by atomic mass is 10.0. The summed E-state index contributed by atoms with van der Waals surface area (Å²) in [4.78, 5) is 0. The fourth-order valence-corrected chi connectivity index (χ4v) is 4.76. The van der Waals surface area contributed by atoms with Crippen molar-refractivity contribution in [2.45, 2.75) is 43.2 Å². The van der Waals surface area contributed by atoms with E-state index in [0.717, 1.165) is 12.8 Å². The van der Waals surface area contributed by atoms with Crippen molar-refractivity contribution in [1.29, 1.82) is 0 Å². The van der Waals surface area contributed by atoms with Crippen LogP contribution < -0.4 is 11.3 Å². The first-order valence-electron chi connectivity index (χ1n) is 5.55. The van der Waals surface area contributed by atoms with E-state index in [0.29, 0.717) is 16.5 Å². The summed E-state index contributed by atoms with van der Waals surface area (Å²) in [7, 11) is 0. The molecule has 0 spiro atoms. The molecule has 0 bridgehead atoms. The second-order valence-corrected chi connectivity index (χ2v) is 6.76. The van der Waals surface area contributed by atoms with Gasteiger partial charge in [-0.05, 0) is 12.8 Å². The monoisotopic (exact) mass is 246 g/mol. The summed E-state index contributed by atoms with van der Waals surface area (Å²) in [6, 6.07) is 0.380. The molecule has 1 fully saturated rings. The van der Waals surface area contributed by atoms with Gasteiger partial charge in [-0.2, -0.15) is 23.5 Å². The van der Waals surface area contributed by atoms with E-state index in [1.807, 2.05) is 0 Å². The lowest BCUT2D eigenvalue weighted by Gasteiger charge is -2.34. The zero-order chi connectivity index (χ0) is 11.3. The Morgan fingerprint density at radius 3 is 2.73 bits per heavy atom. The molecular weight excluding hydrogens is 224 g/mol. The number of thioether (sulfide) groups is 2. The first kappa shape index (κ1) is 13.4. The van der Waals surface area contributed by atoms with Gasteiger partial charge in [-0.15, -0.1) is 0 Å². The van der Waals surface area contributed by atoms with Crippen LogP contribution in [0.3, 0.4) is 0 Å². The topological polar surface area (TPSA) is 38.0 Å². The smallest absolute Gasteiger partial charge is 0.0377 e. The molecule has 1 saturated heterocycles. The van der Waals surface area contributed by atoms with Crippen LogP contribution in [0.4, 0.5) is 0 Å². The lowest BCUT2D eigenvalue weighted by Crippen LogP contribution is -2.47. The Morgan fingerprint density at radius 2 is 2.20 bits per heavy atom. The highest BCUT2D eigenvalue weighted by Gasteiger charge is 2.29. The van der Waals surface area contributed by atoms with E-state index in [4.69, 9.17) is 5.84 Å². The third-order valence-electron chi connectivity index (χ3n) is 2.86. The van der Waals surface area contributed by atoms with Gasteiger partial charge in [-0.3, -0.25) is 11.3 Å². The standard InChI is InChI=1S/C11H22N2S2/c1-4-8(2)7-10(13-12)11-9(3)14-5-6-15-11/h9-11,13H,2,4-7,12H2,1,3H3. The van der Waals surface area contributed by atoms with Crippen molar-refractivity contribution < 1.29 is 0 Å². The summed E-state index contributed by atoms with van der Waals surface area (Å²) in [5, 5.41) is 1.31. The number of rotatable bonds is 5. The molecule has 4 heteroatoms. The van der Waals surface area contributed by atoms with E-state index in [2.05, 4.69) is 49.4 Å². The van der Waals surface area contributed by atoms with Gasteiger partial charge in [0, 0.05) is 28.0 Å². The van der Waals surface area contributed by atoms with Gasteiger partial charge in [0.2, 0.25) is 0 Å². The van der Waals surface area contributed by atoms with Crippen LogP contribution in [0.15, 0.2) is 12.2 Å². The molecule has 0 aromatic rings. The Labute approximate surface area is 102 Å². The fraction of sp³-hybridized carbons (Fsp3) is 0.818. The van der Waals surface area contributed by atoms with Crippen LogP contribution in [0.1, 0.15) is 26.7 Å². The van der Waals surface area contributed by atoms with Crippen molar-refractivity contribution in [2.24, 2.45) is 5.84 Å². The summed E-state index contributed by atoms with van der Waals surface area (Å²) in [5.41, 5.74) is 4.27. The molecule has 0 amide bonds. The van der Waals surface area contributed by atoms with Gasteiger partial charge in [0.05, 0.1) is 0 Å². The minimum atomic E-state index is 0.380. The summed E-state index contributed by atoms with van der Waals surface area (Å²) in [5.74, 6) is 8.17. The van der Waals surface area contributed by atoms with Gasteiger partial charge < -0.3 is 0 Å². The van der Waals surface area contributed by atoms with Crippen LogP contribution >= 0.6 is 23.5 Å². The van der Waals surface area contributed by atoms with E-state index in [9.17, 15) is 0 Å². The van der Waals surface area contributed by atoms with E-state index in [-0.39, 0.29) is 0 Å².